The lowest BCUT2D eigenvalue weighted by molar-refractivity contribution is -0.140. The maximum Gasteiger partial charge on any atom is 0.241 e. The van der Waals surface area contributed by atoms with Gasteiger partial charge in [0.1, 0.15) is 6.10 Å². The minimum atomic E-state index is -3.75. The molecule has 6 nitrogen and oxygen atoms in total. The van der Waals surface area contributed by atoms with E-state index >= 15 is 0 Å². The smallest absolute Gasteiger partial charge is 0.241 e. The topological polar surface area (TPSA) is 75.7 Å². The third-order valence-corrected chi connectivity index (χ3v) is 6.14. The highest BCUT2D eigenvalue weighted by molar-refractivity contribution is 7.89. The van der Waals surface area contributed by atoms with Gasteiger partial charge in [-0.1, -0.05) is 48.0 Å². The van der Waals surface area contributed by atoms with E-state index in [2.05, 4.69) is 4.72 Å². The summed E-state index contributed by atoms with van der Waals surface area (Å²) in [6, 6.07) is 15.4. The Kier molecular flexibility index (Phi) is 5.94. The molecule has 0 saturated carbocycles. The Balaban J connectivity index is 1.67. The number of benzene rings is 2. The molecule has 0 aromatic heterocycles. The van der Waals surface area contributed by atoms with E-state index in [1.54, 1.807) is 24.0 Å². The summed E-state index contributed by atoms with van der Waals surface area (Å²) in [5.74, 6) is -0.255. The van der Waals surface area contributed by atoms with Crippen LogP contribution in [0.3, 0.4) is 0 Å². The zero-order valence-corrected chi connectivity index (χ0v) is 16.3. The van der Waals surface area contributed by atoms with Gasteiger partial charge in [-0.2, -0.15) is 4.72 Å². The summed E-state index contributed by atoms with van der Waals surface area (Å²) in [6.45, 7) is 4.72. The fraction of sp³-hybridized carbons (Fsp3) is 0.350. The van der Waals surface area contributed by atoms with E-state index in [0.29, 0.717) is 19.7 Å². The number of sulfonamides is 1. The molecule has 1 saturated heterocycles. The van der Waals surface area contributed by atoms with E-state index in [0.717, 1.165) is 11.1 Å². The summed E-state index contributed by atoms with van der Waals surface area (Å²) >= 11 is 0. The Morgan fingerprint density at radius 2 is 1.81 bits per heavy atom. The number of carbonyl (C=O) groups is 1. The van der Waals surface area contributed by atoms with Crippen LogP contribution in [0.1, 0.15) is 24.2 Å². The molecular formula is C20H24N2O4S. The van der Waals surface area contributed by atoms with E-state index in [9.17, 15) is 13.2 Å². The lowest BCUT2D eigenvalue weighted by Gasteiger charge is -2.34. The number of ether oxygens (including phenoxy) is 1. The molecule has 3 rings (SSSR count). The molecule has 1 N–H and O–H groups in total. The first-order chi connectivity index (χ1) is 12.9. The molecular weight excluding hydrogens is 364 g/mol. The zero-order chi connectivity index (χ0) is 19.4. The van der Waals surface area contributed by atoms with Crippen molar-refractivity contribution in [2.45, 2.75) is 30.9 Å². The molecule has 1 heterocycles. The van der Waals surface area contributed by atoms with Gasteiger partial charge >= 0.3 is 0 Å². The highest BCUT2D eigenvalue weighted by atomic mass is 32.2. The number of hydrogen-bond donors (Lipinski definition) is 1. The van der Waals surface area contributed by atoms with Crippen molar-refractivity contribution >= 4 is 15.9 Å². The van der Waals surface area contributed by atoms with Crippen molar-refractivity contribution in [1.29, 1.82) is 0 Å². The Hall–Kier alpha value is -2.22. The number of nitrogens with zero attached hydrogens (tertiary/aromatic N) is 1. The molecule has 1 unspecified atom stereocenters. The number of aryl methyl sites for hydroxylation is 1. The highest BCUT2D eigenvalue weighted by Gasteiger charge is 2.30. The molecule has 0 spiro atoms. The minimum Gasteiger partial charge on any atom is -0.370 e. The first-order valence-electron chi connectivity index (χ1n) is 8.91. The average Bonchev–Trinajstić information content (AvgIpc) is 2.68. The molecule has 1 fully saturated rings. The summed E-state index contributed by atoms with van der Waals surface area (Å²) in [6.07, 6.45) is -0.204. The summed E-state index contributed by atoms with van der Waals surface area (Å²) in [4.78, 5) is 14.6. The zero-order valence-electron chi connectivity index (χ0n) is 15.5. The second-order valence-corrected chi connectivity index (χ2v) is 8.42. The number of carbonyl (C=O) groups excluding carboxylic acids is 1. The lowest BCUT2D eigenvalue weighted by Crippen LogP contribution is -2.51. The van der Waals surface area contributed by atoms with Crippen molar-refractivity contribution < 1.29 is 17.9 Å². The summed E-state index contributed by atoms with van der Waals surface area (Å²) in [5.41, 5.74) is 1.97. The fourth-order valence-electron chi connectivity index (χ4n) is 3.06. The van der Waals surface area contributed by atoms with Crippen LogP contribution < -0.4 is 4.72 Å². The molecule has 27 heavy (non-hydrogen) atoms. The average molecular weight is 388 g/mol. The maximum absolute atomic E-state index is 12.8. The molecule has 1 aliphatic heterocycles. The highest BCUT2D eigenvalue weighted by Crippen LogP contribution is 2.22. The van der Waals surface area contributed by atoms with Gasteiger partial charge in [0.05, 0.1) is 24.1 Å². The maximum atomic E-state index is 12.8. The quantitative estimate of drug-likeness (QED) is 0.853. The van der Waals surface area contributed by atoms with Crippen LogP contribution in [-0.4, -0.2) is 45.0 Å². The van der Waals surface area contributed by atoms with Gasteiger partial charge in [-0.3, -0.25) is 4.79 Å². The second kappa shape index (κ2) is 8.21. The van der Waals surface area contributed by atoms with Crippen LogP contribution in [-0.2, 0) is 19.6 Å². The van der Waals surface area contributed by atoms with E-state index in [1.165, 1.54) is 12.1 Å². The van der Waals surface area contributed by atoms with Crippen molar-refractivity contribution in [2.75, 3.05) is 19.7 Å². The van der Waals surface area contributed by atoms with Gasteiger partial charge in [-0.25, -0.2) is 8.42 Å². The number of amides is 1. The molecule has 7 heteroatoms. The second-order valence-electron chi connectivity index (χ2n) is 6.71. The Morgan fingerprint density at radius 1 is 1.15 bits per heavy atom. The number of rotatable bonds is 5. The third kappa shape index (κ3) is 4.74. The van der Waals surface area contributed by atoms with E-state index < -0.39 is 16.1 Å². The minimum absolute atomic E-state index is 0.150. The van der Waals surface area contributed by atoms with Crippen molar-refractivity contribution in [3.05, 3.63) is 65.7 Å². The van der Waals surface area contributed by atoms with Crippen molar-refractivity contribution in [1.82, 2.24) is 9.62 Å². The van der Waals surface area contributed by atoms with Gasteiger partial charge in [0.25, 0.3) is 0 Å². The van der Waals surface area contributed by atoms with Gasteiger partial charge in [0, 0.05) is 6.54 Å². The van der Waals surface area contributed by atoms with E-state index in [4.69, 9.17) is 4.74 Å². The third-order valence-electron chi connectivity index (χ3n) is 4.58. The van der Waals surface area contributed by atoms with Crippen molar-refractivity contribution in [3.63, 3.8) is 0 Å². The van der Waals surface area contributed by atoms with Crippen molar-refractivity contribution in [2.24, 2.45) is 0 Å². The predicted octanol–water partition coefficient (Wildman–Crippen LogP) is 2.26. The molecule has 0 radical (unpaired) electrons. The normalized spacial score (nSPS) is 18.9. The first-order valence-corrected chi connectivity index (χ1v) is 10.4. The van der Waals surface area contributed by atoms with Crippen LogP contribution in [0.2, 0.25) is 0 Å². The van der Waals surface area contributed by atoms with Crippen LogP contribution in [0.15, 0.2) is 59.5 Å². The molecule has 144 valence electrons. The van der Waals surface area contributed by atoms with Crippen LogP contribution in [0.25, 0.3) is 0 Å². The van der Waals surface area contributed by atoms with Crippen LogP contribution in [0.5, 0.6) is 0 Å². The first kappa shape index (κ1) is 19.5. The molecule has 2 aromatic rings. The van der Waals surface area contributed by atoms with Gasteiger partial charge in [0.15, 0.2) is 0 Å². The Morgan fingerprint density at radius 3 is 2.48 bits per heavy atom. The molecule has 2 atom stereocenters. The number of morpholine rings is 1. The monoisotopic (exact) mass is 388 g/mol. The Bertz CT molecular complexity index is 882. The molecule has 0 bridgehead atoms. The molecule has 2 aromatic carbocycles. The largest absolute Gasteiger partial charge is 0.370 e. The lowest BCUT2D eigenvalue weighted by atomic mass is 10.1. The predicted molar refractivity (Wildman–Crippen MR) is 103 cm³/mol. The molecule has 0 aliphatic carbocycles. The summed E-state index contributed by atoms with van der Waals surface area (Å²) < 4.78 is 33.3. The van der Waals surface area contributed by atoms with E-state index in [-0.39, 0.29) is 16.9 Å². The van der Waals surface area contributed by atoms with Crippen molar-refractivity contribution in [3.8, 4) is 0 Å². The van der Waals surface area contributed by atoms with Gasteiger partial charge in [-0.05, 0) is 31.5 Å². The van der Waals surface area contributed by atoms with Crippen LogP contribution in [0, 0.1) is 6.92 Å². The van der Waals surface area contributed by atoms with Gasteiger partial charge in [0.2, 0.25) is 15.9 Å². The van der Waals surface area contributed by atoms with E-state index in [1.807, 2.05) is 37.3 Å². The standard InChI is InChI=1S/C20H24N2O4S/c1-15-8-10-18(11-9-15)27(24,25)21-16(2)20(23)22-12-13-26-19(14-22)17-6-4-3-5-7-17/h3-11,16,19,21H,12-14H2,1-2H3/t16-,19?/m0/s1. The molecule has 1 amide bonds. The van der Waals surface area contributed by atoms with Gasteiger partial charge < -0.3 is 9.64 Å². The summed E-state index contributed by atoms with van der Waals surface area (Å²) in [7, 11) is -3.75. The molecule has 1 aliphatic rings. The summed E-state index contributed by atoms with van der Waals surface area (Å²) in [5, 5.41) is 0. The Labute approximate surface area is 160 Å². The number of nitrogens with one attached hydrogen (secondary N) is 1. The van der Waals surface area contributed by atoms with Crippen LogP contribution >= 0.6 is 0 Å². The van der Waals surface area contributed by atoms with Crippen LogP contribution in [0.4, 0.5) is 0 Å². The number of hydrogen-bond acceptors (Lipinski definition) is 4. The fourth-order valence-corrected chi connectivity index (χ4v) is 4.26. The SMILES string of the molecule is Cc1ccc(S(=O)(=O)N[C@@H](C)C(=O)N2CCOC(c3ccccc3)C2)cc1. The van der Waals surface area contributed by atoms with Gasteiger partial charge in [-0.15, -0.1) is 0 Å².